The lowest BCUT2D eigenvalue weighted by Crippen LogP contribution is -2.17. The van der Waals surface area contributed by atoms with Crippen LogP contribution in [0.5, 0.6) is 0 Å². The smallest absolute Gasteiger partial charge is 0.129 e. The van der Waals surface area contributed by atoms with E-state index in [0.717, 1.165) is 18.2 Å². The Morgan fingerprint density at radius 3 is 3.00 bits per heavy atom. The van der Waals surface area contributed by atoms with E-state index in [9.17, 15) is 0 Å². The molecule has 2 rings (SSSR count). The third-order valence-electron chi connectivity index (χ3n) is 3.31. The number of anilines is 1. The predicted octanol–water partition coefficient (Wildman–Crippen LogP) is 3.24. The average Bonchev–Trinajstić information content (AvgIpc) is 2.65. The molecule has 0 saturated heterocycles. The first-order chi connectivity index (χ1) is 7.29. The summed E-state index contributed by atoms with van der Waals surface area (Å²) in [6.45, 7) is 4.51. The van der Waals surface area contributed by atoms with Crippen LogP contribution >= 0.6 is 0 Å². The Kier molecular flexibility index (Phi) is 3.24. The van der Waals surface area contributed by atoms with Crippen LogP contribution in [-0.2, 0) is 6.42 Å². The van der Waals surface area contributed by atoms with Crippen LogP contribution in [-0.4, -0.2) is 11.0 Å². The first kappa shape index (κ1) is 10.5. The minimum Gasteiger partial charge on any atom is -0.367 e. The molecule has 1 aliphatic rings. The van der Waals surface area contributed by atoms with Crippen molar-refractivity contribution in [3.8, 4) is 0 Å². The number of nitrogens with zero attached hydrogens (tertiary/aromatic N) is 1. The van der Waals surface area contributed by atoms with Crippen LogP contribution in [0.3, 0.4) is 0 Å². The van der Waals surface area contributed by atoms with Crippen molar-refractivity contribution in [2.45, 2.75) is 45.6 Å². The molecule has 2 unspecified atom stereocenters. The maximum atomic E-state index is 4.43. The first-order valence-electron chi connectivity index (χ1n) is 6.00. The molecule has 0 radical (unpaired) electrons. The van der Waals surface area contributed by atoms with Crippen LogP contribution in [0, 0.1) is 5.92 Å². The normalized spacial score (nSPS) is 25.5. The number of hydrogen-bond acceptors (Lipinski definition) is 2. The molecule has 1 fully saturated rings. The average molecular weight is 204 g/mol. The summed E-state index contributed by atoms with van der Waals surface area (Å²) in [6, 6.07) is 4.81. The zero-order valence-electron chi connectivity index (χ0n) is 9.66. The molecule has 2 heteroatoms. The van der Waals surface area contributed by atoms with E-state index in [1.165, 1.54) is 24.8 Å². The van der Waals surface area contributed by atoms with E-state index in [1.807, 2.05) is 12.3 Å². The van der Waals surface area contributed by atoms with Gasteiger partial charge in [-0.3, -0.25) is 0 Å². The Bertz CT molecular complexity index is 322. The van der Waals surface area contributed by atoms with Crippen molar-refractivity contribution in [2.75, 3.05) is 5.32 Å². The Morgan fingerprint density at radius 2 is 2.33 bits per heavy atom. The summed E-state index contributed by atoms with van der Waals surface area (Å²) in [6.07, 6.45) is 6.87. The number of hydrogen-bond donors (Lipinski definition) is 1. The van der Waals surface area contributed by atoms with E-state index in [1.54, 1.807) is 0 Å². The Morgan fingerprint density at radius 1 is 1.47 bits per heavy atom. The van der Waals surface area contributed by atoms with Gasteiger partial charge in [0, 0.05) is 12.2 Å². The lowest BCUT2D eigenvalue weighted by molar-refractivity contribution is 0.602. The second kappa shape index (κ2) is 4.65. The number of nitrogens with one attached hydrogen (secondary N) is 1. The van der Waals surface area contributed by atoms with Gasteiger partial charge in [0.1, 0.15) is 5.82 Å². The maximum absolute atomic E-state index is 4.43. The highest BCUT2D eigenvalue weighted by Gasteiger charge is 2.21. The second-order valence-corrected chi connectivity index (χ2v) is 4.62. The highest BCUT2D eigenvalue weighted by atomic mass is 15.0. The number of aromatic nitrogens is 1. The first-order valence-corrected chi connectivity index (χ1v) is 6.00. The van der Waals surface area contributed by atoms with Gasteiger partial charge in [0.05, 0.1) is 0 Å². The van der Waals surface area contributed by atoms with Gasteiger partial charge in [-0.15, -0.1) is 0 Å². The van der Waals surface area contributed by atoms with Crippen molar-refractivity contribution in [1.29, 1.82) is 0 Å². The fourth-order valence-corrected chi connectivity index (χ4v) is 2.39. The monoisotopic (exact) mass is 204 g/mol. The van der Waals surface area contributed by atoms with E-state index in [-0.39, 0.29) is 0 Å². The molecule has 1 aromatic rings. The van der Waals surface area contributed by atoms with Gasteiger partial charge in [0.2, 0.25) is 0 Å². The van der Waals surface area contributed by atoms with Crippen molar-refractivity contribution < 1.29 is 0 Å². The van der Waals surface area contributed by atoms with E-state index in [0.29, 0.717) is 6.04 Å². The SMILES string of the molecule is CCc1cccnc1NC1CCC(C)C1. The Labute approximate surface area is 92.1 Å². The molecule has 0 aliphatic heterocycles. The molecule has 1 aromatic heterocycles. The molecule has 0 bridgehead atoms. The zero-order valence-corrected chi connectivity index (χ0v) is 9.66. The molecule has 1 heterocycles. The van der Waals surface area contributed by atoms with E-state index in [2.05, 4.69) is 30.2 Å². The summed E-state index contributed by atoms with van der Waals surface area (Å²) in [7, 11) is 0. The molecule has 82 valence electrons. The minimum atomic E-state index is 0.639. The van der Waals surface area contributed by atoms with Gasteiger partial charge >= 0.3 is 0 Å². The van der Waals surface area contributed by atoms with Crippen LogP contribution in [0.15, 0.2) is 18.3 Å². The van der Waals surface area contributed by atoms with Crippen LogP contribution in [0.1, 0.15) is 38.7 Å². The van der Waals surface area contributed by atoms with Gasteiger partial charge in [0.25, 0.3) is 0 Å². The highest BCUT2D eigenvalue weighted by Crippen LogP contribution is 2.27. The molecule has 1 aliphatic carbocycles. The number of pyridine rings is 1. The van der Waals surface area contributed by atoms with Gasteiger partial charge in [-0.2, -0.15) is 0 Å². The maximum Gasteiger partial charge on any atom is 0.129 e. The fourth-order valence-electron chi connectivity index (χ4n) is 2.39. The summed E-state index contributed by atoms with van der Waals surface area (Å²) in [4.78, 5) is 4.43. The largest absolute Gasteiger partial charge is 0.367 e. The van der Waals surface area contributed by atoms with Gasteiger partial charge < -0.3 is 5.32 Å². The van der Waals surface area contributed by atoms with Gasteiger partial charge in [-0.25, -0.2) is 4.98 Å². The lowest BCUT2D eigenvalue weighted by Gasteiger charge is -2.15. The summed E-state index contributed by atoms with van der Waals surface area (Å²) >= 11 is 0. The zero-order chi connectivity index (χ0) is 10.7. The van der Waals surface area contributed by atoms with Crippen molar-refractivity contribution in [3.05, 3.63) is 23.9 Å². The quantitative estimate of drug-likeness (QED) is 0.817. The van der Waals surface area contributed by atoms with Crippen molar-refractivity contribution in [1.82, 2.24) is 4.98 Å². The standard InChI is InChI=1S/C13H20N2/c1-3-11-5-4-8-14-13(11)15-12-7-6-10(2)9-12/h4-5,8,10,12H,3,6-7,9H2,1-2H3,(H,14,15). The summed E-state index contributed by atoms with van der Waals surface area (Å²) < 4.78 is 0. The third kappa shape index (κ3) is 2.49. The molecule has 0 spiro atoms. The molecule has 0 amide bonds. The van der Waals surface area contributed by atoms with Crippen molar-refractivity contribution in [2.24, 2.45) is 5.92 Å². The molecule has 1 saturated carbocycles. The second-order valence-electron chi connectivity index (χ2n) is 4.62. The van der Waals surface area contributed by atoms with Gasteiger partial charge in [-0.1, -0.05) is 19.9 Å². The summed E-state index contributed by atoms with van der Waals surface area (Å²) in [5.41, 5.74) is 1.33. The van der Waals surface area contributed by atoms with E-state index >= 15 is 0 Å². The molecular weight excluding hydrogens is 184 g/mol. The van der Waals surface area contributed by atoms with Gasteiger partial charge in [0.15, 0.2) is 0 Å². The molecule has 1 N–H and O–H groups in total. The summed E-state index contributed by atoms with van der Waals surface area (Å²) in [5.74, 6) is 1.97. The number of aryl methyl sites for hydroxylation is 1. The molecular formula is C13H20N2. The van der Waals surface area contributed by atoms with Crippen LogP contribution in [0.25, 0.3) is 0 Å². The van der Waals surface area contributed by atoms with Crippen LogP contribution in [0.4, 0.5) is 5.82 Å². The molecule has 2 nitrogen and oxygen atoms in total. The Balaban J connectivity index is 2.04. The van der Waals surface area contributed by atoms with Crippen LogP contribution < -0.4 is 5.32 Å². The van der Waals surface area contributed by atoms with Crippen molar-refractivity contribution >= 4 is 5.82 Å². The lowest BCUT2D eigenvalue weighted by atomic mass is 10.1. The molecule has 0 aromatic carbocycles. The number of rotatable bonds is 3. The third-order valence-corrected chi connectivity index (χ3v) is 3.31. The van der Waals surface area contributed by atoms with Gasteiger partial charge in [-0.05, 0) is 43.2 Å². The Hall–Kier alpha value is -1.05. The predicted molar refractivity (Wildman–Crippen MR) is 64.0 cm³/mol. The highest BCUT2D eigenvalue weighted by molar-refractivity contribution is 5.44. The molecule has 15 heavy (non-hydrogen) atoms. The fraction of sp³-hybridized carbons (Fsp3) is 0.615. The topological polar surface area (TPSA) is 24.9 Å². The summed E-state index contributed by atoms with van der Waals surface area (Å²) in [5, 5.41) is 3.58. The molecule has 2 atom stereocenters. The van der Waals surface area contributed by atoms with Crippen LogP contribution in [0.2, 0.25) is 0 Å². The minimum absolute atomic E-state index is 0.639. The van der Waals surface area contributed by atoms with E-state index < -0.39 is 0 Å². The van der Waals surface area contributed by atoms with E-state index in [4.69, 9.17) is 0 Å². The van der Waals surface area contributed by atoms with Crippen molar-refractivity contribution in [3.63, 3.8) is 0 Å².